The first kappa shape index (κ1) is 14.1. The lowest BCUT2D eigenvalue weighted by Gasteiger charge is -2.10. The standard InChI is InChI=1S/C17H13FO4/c1-20-14-8-7-12-13(19)9-15(22-16(12)17(14)21-2)10-3-5-11(18)6-4-10/h3-9H,1-2H3. The zero-order valence-electron chi connectivity index (χ0n) is 12.1. The second-order valence-corrected chi connectivity index (χ2v) is 4.66. The average Bonchev–Trinajstić information content (AvgIpc) is 2.54. The van der Waals surface area contributed by atoms with Gasteiger partial charge in [-0.05, 0) is 36.4 Å². The maximum atomic E-state index is 13.0. The molecule has 1 heterocycles. The van der Waals surface area contributed by atoms with Gasteiger partial charge in [-0.2, -0.15) is 0 Å². The van der Waals surface area contributed by atoms with Gasteiger partial charge in [-0.1, -0.05) is 0 Å². The summed E-state index contributed by atoms with van der Waals surface area (Å²) in [6.07, 6.45) is 0. The molecule has 0 amide bonds. The van der Waals surface area contributed by atoms with Gasteiger partial charge in [0.1, 0.15) is 11.6 Å². The Labute approximate surface area is 125 Å². The first-order chi connectivity index (χ1) is 10.6. The third-order valence-electron chi connectivity index (χ3n) is 3.37. The summed E-state index contributed by atoms with van der Waals surface area (Å²) in [4.78, 5) is 12.3. The minimum absolute atomic E-state index is 0.207. The van der Waals surface area contributed by atoms with E-state index in [-0.39, 0.29) is 11.2 Å². The van der Waals surface area contributed by atoms with Crippen LogP contribution in [0.2, 0.25) is 0 Å². The maximum Gasteiger partial charge on any atom is 0.204 e. The Bertz CT molecular complexity index is 882. The summed E-state index contributed by atoms with van der Waals surface area (Å²) in [7, 11) is 2.98. The van der Waals surface area contributed by atoms with E-state index in [2.05, 4.69) is 0 Å². The summed E-state index contributed by atoms with van der Waals surface area (Å²) >= 11 is 0. The Balaban J connectivity index is 2.30. The maximum absolute atomic E-state index is 13.0. The molecule has 3 aromatic rings. The van der Waals surface area contributed by atoms with Crippen molar-refractivity contribution < 1.29 is 18.3 Å². The zero-order chi connectivity index (χ0) is 15.7. The van der Waals surface area contributed by atoms with Gasteiger partial charge in [0, 0.05) is 11.6 Å². The van der Waals surface area contributed by atoms with Gasteiger partial charge in [-0.25, -0.2) is 4.39 Å². The van der Waals surface area contributed by atoms with Crippen molar-refractivity contribution in [2.45, 2.75) is 0 Å². The normalized spacial score (nSPS) is 10.7. The quantitative estimate of drug-likeness (QED) is 0.741. The van der Waals surface area contributed by atoms with E-state index in [1.54, 1.807) is 24.3 Å². The minimum atomic E-state index is -0.355. The molecule has 0 radical (unpaired) electrons. The van der Waals surface area contributed by atoms with Crippen molar-refractivity contribution in [1.29, 1.82) is 0 Å². The highest BCUT2D eigenvalue weighted by Gasteiger charge is 2.15. The molecule has 0 fully saturated rings. The molecular weight excluding hydrogens is 287 g/mol. The lowest BCUT2D eigenvalue weighted by Crippen LogP contribution is -2.02. The second-order valence-electron chi connectivity index (χ2n) is 4.66. The highest BCUT2D eigenvalue weighted by atomic mass is 19.1. The minimum Gasteiger partial charge on any atom is -0.493 e. The van der Waals surface area contributed by atoms with E-state index in [0.29, 0.717) is 33.8 Å². The first-order valence-corrected chi connectivity index (χ1v) is 6.59. The molecule has 0 N–H and O–H groups in total. The topological polar surface area (TPSA) is 48.7 Å². The predicted octanol–water partition coefficient (Wildman–Crippen LogP) is 3.62. The molecule has 0 bridgehead atoms. The molecule has 3 rings (SSSR count). The fourth-order valence-corrected chi connectivity index (χ4v) is 2.29. The first-order valence-electron chi connectivity index (χ1n) is 6.59. The number of ether oxygens (including phenoxy) is 2. The van der Waals surface area contributed by atoms with Gasteiger partial charge in [0.25, 0.3) is 0 Å². The Kier molecular flexibility index (Phi) is 3.55. The van der Waals surface area contributed by atoms with Gasteiger partial charge < -0.3 is 13.9 Å². The monoisotopic (exact) mass is 300 g/mol. The van der Waals surface area contributed by atoms with E-state index < -0.39 is 0 Å². The third-order valence-corrected chi connectivity index (χ3v) is 3.37. The van der Waals surface area contributed by atoms with Crippen molar-refractivity contribution in [3.8, 4) is 22.8 Å². The van der Waals surface area contributed by atoms with E-state index in [1.807, 2.05) is 0 Å². The van der Waals surface area contributed by atoms with Crippen molar-refractivity contribution in [3.63, 3.8) is 0 Å². The van der Waals surface area contributed by atoms with Crippen LogP contribution in [-0.4, -0.2) is 14.2 Å². The van der Waals surface area contributed by atoms with E-state index in [4.69, 9.17) is 13.9 Å². The predicted molar refractivity (Wildman–Crippen MR) is 81.0 cm³/mol. The van der Waals surface area contributed by atoms with E-state index >= 15 is 0 Å². The van der Waals surface area contributed by atoms with Gasteiger partial charge in [-0.15, -0.1) is 0 Å². The van der Waals surface area contributed by atoms with Crippen molar-refractivity contribution >= 4 is 11.0 Å². The molecule has 0 aliphatic carbocycles. The van der Waals surface area contributed by atoms with E-state index in [9.17, 15) is 9.18 Å². The summed E-state index contributed by atoms with van der Waals surface area (Å²) in [5.41, 5.74) is 0.695. The number of halogens is 1. The molecule has 0 aliphatic heterocycles. The molecule has 0 unspecified atom stereocenters. The molecule has 0 aliphatic rings. The average molecular weight is 300 g/mol. The second kappa shape index (κ2) is 5.52. The number of rotatable bonds is 3. The van der Waals surface area contributed by atoms with Crippen molar-refractivity contribution in [1.82, 2.24) is 0 Å². The lowest BCUT2D eigenvalue weighted by atomic mass is 10.1. The molecule has 112 valence electrons. The Morgan fingerprint density at radius 3 is 2.36 bits per heavy atom. The van der Waals surface area contributed by atoms with Crippen LogP contribution in [0.5, 0.6) is 11.5 Å². The van der Waals surface area contributed by atoms with Gasteiger partial charge in [0.05, 0.1) is 19.6 Å². The molecule has 0 saturated heterocycles. The fraction of sp³-hybridized carbons (Fsp3) is 0.118. The Morgan fingerprint density at radius 1 is 1.00 bits per heavy atom. The Morgan fingerprint density at radius 2 is 1.73 bits per heavy atom. The molecule has 2 aromatic carbocycles. The lowest BCUT2D eigenvalue weighted by molar-refractivity contribution is 0.353. The van der Waals surface area contributed by atoms with Crippen LogP contribution < -0.4 is 14.9 Å². The number of hydrogen-bond donors (Lipinski definition) is 0. The van der Waals surface area contributed by atoms with Crippen LogP contribution in [0.3, 0.4) is 0 Å². The van der Waals surface area contributed by atoms with Crippen molar-refractivity contribution in [3.05, 3.63) is 58.5 Å². The van der Waals surface area contributed by atoms with Gasteiger partial charge in [-0.3, -0.25) is 4.79 Å². The largest absolute Gasteiger partial charge is 0.493 e. The molecule has 5 heteroatoms. The highest BCUT2D eigenvalue weighted by molar-refractivity contribution is 5.86. The summed E-state index contributed by atoms with van der Waals surface area (Å²) in [6, 6.07) is 10.4. The van der Waals surface area contributed by atoms with Crippen LogP contribution in [0.25, 0.3) is 22.3 Å². The summed E-state index contributed by atoms with van der Waals surface area (Å²) in [5.74, 6) is 0.797. The SMILES string of the molecule is COc1ccc2c(=O)cc(-c3ccc(F)cc3)oc2c1OC. The van der Waals surface area contributed by atoms with Gasteiger partial charge in [0.2, 0.25) is 5.75 Å². The van der Waals surface area contributed by atoms with Crippen LogP contribution in [0, 0.1) is 5.82 Å². The Hall–Kier alpha value is -2.82. The number of hydrogen-bond acceptors (Lipinski definition) is 4. The van der Waals surface area contributed by atoms with Crippen molar-refractivity contribution in [2.24, 2.45) is 0 Å². The van der Waals surface area contributed by atoms with E-state index in [0.717, 1.165) is 0 Å². The molecule has 0 atom stereocenters. The van der Waals surface area contributed by atoms with Crippen LogP contribution in [0.1, 0.15) is 0 Å². The van der Waals surface area contributed by atoms with Crippen molar-refractivity contribution in [2.75, 3.05) is 14.2 Å². The third kappa shape index (κ3) is 2.30. The molecular formula is C17H13FO4. The van der Waals surface area contributed by atoms with Crippen LogP contribution in [0.15, 0.2) is 51.7 Å². The number of benzene rings is 2. The molecule has 4 nitrogen and oxygen atoms in total. The fourth-order valence-electron chi connectivity index (χ4n) is 2.29. The summed E-state index contributed by atoms with van der Waals surface area (Å²) in [6.45, 7) is 0. The smallest absolute Gasteiger partial charge is 0.204 e. The summed E-state index contributed by atoms with van der Waals surface area (Å²) in [5, 5.41) is 0.392. The molecule has 1 aromatic heterocycles. The summed E-state index contributed by atoms with van der Waals surface area (Å²) < 4.78 is 29.3. The zero-order valence-corrected chi connectivity index (χ0v) is 12.1. The molecule has 22 heavy (non-hydrogen) atoms. The van der Waals surface area contributed by atoms with Gasteiger partial charge >= 0.3 is 0 Å². The molecule has 0 saturated carbocycles. The van der Waals surface area contributed by atoms with Crippen LogP contribution >= 0.6 is 0 Å². The van der Waals surface area contributed by atoms with Crippen LogP contribution in [0.4, 0.5) is 4.39 Å². The van der Waals surface area contributed by atoms with E-state index in [1.165, 1.54) is 32.4 Å². The number of methoxy groups -OCH3 is 2. The van der Waals surface area contributed by atoms with Gasteiger partial charge in [0.15, 0.2) is 16.8 Å². The van der Waals surface area contributed by atoms with Crippen LogP contribution in [-0.2, 0) is 0 Å². The molecule has 0 spiro atoms. The highest BCUT2D eigenvalue weighted by Crippen LogP contribution is 2.35. The number of fused-ring (bicyclic) bond motifs is 1.